The van der Waals surface area contributed by atoms with Crippen LogP contribution in [-0.2, 0) is 4.79 Å². The van der Waals surface area contributed by atoms with E-state index in [0.29, 0.717) is 5.56 Å². The van der Waals surface area contributed by atoms with Crippen molar-refractivity contribution in [3.63, 3.8) is 0 Å². The lowest BCUT2D eigenvalue weighted by molar-refractivity contribution is -0.0979. The summed E-state index contributed by atoms with van der Waals surface area (Å²) in [6, 6.07) is 7.66. The quantitative estimate of drug-likeness (QED) is 0.641. The van der Waals surface area contributed by atoms with Crippen molar-refractivity contribution >= 4 is 24.2 Å². The highest BCUT2D eigenvalue weighted by Gasteiger charge is 2.07. The third-order valence-electron chi connectivity index (χ3n) is 2.69. The van der Waals surface area contributed by atoms with E-state index in [0.717, 1.165) is 17.2 Å². The summed E-state index contributed by atoms with van der Waals surface area (Å²) in [5.74, 6) is 0.700. The van der Waals surface area contributed by atoms with Crippen LogP contribution in [0.2, 0.25) is 0 Å². The smallest absolute Gasteiger partial charge is 0.179 e. The monoisotopic (exact) mass is 278 g/mol. The molecule has 2 heterocycles. The van der Waals surface area contributed by atoms with Crippen LogP contribution in [0.5, 0.6) is 0 Å². The minimum absolute atomic E-state index is 0.0113. The Kier molecular flexibility index (Phi) is 5.45. The van der Waals surface area contributed by atoms with Crippen LogP contribution in [0.15, 0.2) is 30.5 Å². The van der Waals surface area contributed by atoms with Crippen LogP contribution in [0.3, 0.4) is 0 Å². The van der Waals surface area contributed by atoms with E-state index in [-0.39, 0.29) is 11.7 Å². The Labute approximate surface area is 117 Å². The van der Waals surface area contributed by atoms with Crippen LogP contribution in [-0.4, -0.2) is 28.0 Å². The maximum absolute atomic E-state index is 11.4. The Bertz CT molecular complexity index is 542. The highest BCUT2D eigenvalue weighted by molar-refractivity contribution is 6.30. The second-order valence-corrected chi connectivity index (χ2v) is 4.18. The summed E-state index contributed by atoms with van der Waals surface area (Å²) in [5.41, 5.74) is 2.78. The minimum atomic E-state index is -0.105. The van der Waals surface area contributed by atoms with E-state index in [1.165, 1.54) is 0 Å². The molecule has 0 aliphatic carbocycles. The Morgan fingerprint density at radius 2 is 1.79 bits per heavy atom. The first-order valence-corrected chi connectivity index (χ1v) is 6.16. The normalized spacial score (nSPS) is 9.63. The molecule has 0 N–H and O–H groups in total. The van der Waals surface area contributed by atoms with Gasteiger partial charge in [0, 0.05) is 23.1 Å². The van der Waals surface area contributed by atoms with Crippen LogP contribution in [0, 0.1) is 13.8 Å². The molecule has 0 saturated carbocycles. The van der Waals surface area contributed by atoms with Crippen LogP contribution < -0.4 is 0 Å². The van der Waals surface area contributed by atoms with Crippen LogP contribution in [0.1, 0.15) is 21.7 Å². The van der Waals surface area contributed by atoms with E-state index in [1.54, 1.807) is 12.3 Å². The maximum atomic E-state index is 11.4. The van der Waals surface area contributed by atoms with Crippen LogP contribution in [0.4, 0.5) is 0 Å². The fourth-order valence-corrected chi connectivity index (χ4v) is 1.94. The number of Topliss-reactive ketones (excluding diaryl/α,β-unsaturated/α-hetero) is 1. The topological polar surface area (TPSA) is 52.0 Å². The van der Waals surface area contributed by atoms with Crippen molar-refractivity contribution in [3.8, 4) is 5.82 Å². The molecule has 100 valence electrons. The van der Waals surface area contributed by atoms with Crippen molar-refractivity contribution < 1.29 is 9.59 Å². The van der Waals surface area contributed by atoms with Gasteiger partial charge < -0.3 is 9.36 Å². The van der Waals surface area contributed by atoms with Gasteiger partial charge >= 0.3 is 0 Å². The molecular formula is C14H15ClN2O2. The molecule has 0 aromatic carbocycles. The molecule has 2 aromatic rings. The highest BCUT2D eigenvalue weighted by atomic mass is 35.5. The van der Waals surface area contributed by atoms with E-state index < -0.39 is 0 Å². The predicted octanol–water partition coefficient (Wildman–Crippen LogP) is 2.73. The summed E-state index contributed by atoms with van der Waals surface area (Å²) in [6.45, 7) is 6.04. The minimum Gasteiger partial charge on any atom is -0.307 e. The lowest BCUT2D eigenvalue weighted by Gasteiger charge is -2.08. The fraction of sp³-hybridized carbons (Fsp3) is 0.214. The molecule has 2 aromatic heterocycles. The molecule has 0 saturated heterocycles. The number of hydrogen-bond acceptors (Lipinski definition) is 3. The molecule has 4 nitrogen and oxygen atoms in total. The summed E-state index contributed by atoms with van der Waals surface area (Å²) >= 11 is 5.49. The second-order valence-electron chi connectivity index (χ2n) is 3.91. The SMILES string of the molecule is C=O.Cc1ccc(C)n1-c1ccc(C(=O)CCl)cn1. The van der Waals surface area contributed by atoms with Gasteiger partial charge in [-0.15, -0.1) is 11.6 Å². The largest absolute Gasteiger partial charge is 0.307 e. The van der Waals surface area contributed by atoms with Crippen LogP contribution in [0.25, 0.3) is 5.82 Å². The molecule has 0 aliphatic heterocycles. The summed E-state index contributed by atoms with van der Waals surface area (Å²) in [5, 5.41) is 0. The molecule has 5 heteroatoms. The molecule has 0 unspecified atom stereocenters. The van der Waals surface area contributed by atoms with Crippen molar-refractivity contribution in [2.45, 2.75) is 13.8 Å². The van der Waals surface area contributed by atoms with Crippen molar-refractivity contribution in [2.24, 2.45) is 0 Å². The molecule has 2 rings (SSSR count). The van der Waals surface area contributed by atoms with Gasteiger partial charge in [-0.05, 0) is 38.1 Å². The Morgan fingerprint density at radius 3 is 2.21 bits per heavy atom. The first kappa shape index (κ1) is 15.1. The van der Waals surface area contributed by atoms with E-state index >= 15 is 0 Å². The lowest BCUT2D eigenvalue weighted by Crippen LogP contribution is -2.05. The maximum Gasteiger partial charge on any atom is 0.179 e. The second kappa shape index (κ2) is 6.85. The van der Waals surface area contributed by atoms with Gasteiger partial charge in [0.2, 0.25) is 0 Å². The van der Waals surface area contributed by atoms with Gasteiger partial charge in [-0.3, -0.25) is 4.79 Å². The van der Waals surface area contributed by atoms with Crippen molar-refractivity contribution in [1.29, 1.82) is 0 Å². The lowest BCUT2D eigenvalue weighted by atomic mass is 10.2. The Balaban J connectivity index is 0.000000861. The van der Waals surface area contributed by atoms with Crippen molar-refractivity contribution in [3.05, 3.63) is 47.4 Å². The van der Waals surface area contributed by atoms with Crippen molar-refractivity contribution in [2.75, 3.05) is 5.88 Å². The molecule has 19 heavy (non-hydrogen) atoms. The number of carbonyl (C=O) groups is 2. The summed E-state index contributed by atoms with van der Waals surface area (Å²) < 4.78 is 2.04. The molecule has 0 bridgehead atoms. The Hall–Kier alpha value is -1.94. The first-order valence-electron chi connectivity index (χ1n) is 5.63. The number of halogens is 1. The molecular weight excluding hydrogens is 264 g/mol. The highest BCUT2D eigenvalue weighted by Crippen LogP contribution is 2.14. The number of alkyl halides is 1. The van der Waals surface area contributed by atoms with Gasteiger partial charge in [0.15, 0.2) is 5.78 Å². The average molecular weight is 279 g/mol. The Morgan fingerprint density at radius 1 is 1.21 bits per heavy atom. The zero-order chi connectivity index (χ0) is 14.4. The number of pyridine rings is 1. The van der Waals surface area contributed by atoms with Gasteiger partial charge in [-0.2, -0.15) is 0 Å². The third-order valence-corrected chi connectivity index (χ3v) is 2.93. The number of nitrogens with zero attached hydrogens (tertiary/aromatic N) is 2. The summed E-state index contributed by atoms with van der Waals surface area (Å²) in [6.07, 6.45) is 1.57. The average Bonchev–Trinajstić information content (AvgIpc) is 2.80. The standard InChI is InChI=1S/C13H13ClN2O.CH2O/c1-9-3-4-10(2)16(9)13-6-5-11(8-15-13)12(17)7-14;1-2/h3-6,8H,7H2,1-2H3;1H2. The third kappa shape index (κ3) is 3.29. The number of aromatic nitrogens is 2. The van der Waals surface area contributed by atoms with Gasteiger partial charge in [-0.25, -0.2) is 4.98 Å². The van der Waals surface area contributed by atoms with Gasteiger partial charge in [0.25, 0.3) is 0 Å². The number of ketones is 1. The number of aryl methyl sites for hydroxylation is 2. The van der Waals surface area contributed by atoms with E-state index in [9.17, 15) is 4.79 Å². The number of carbonyl (C=O) groups excluding carboxylic acids is 2. The molecule has 0 aliphatic rings. The number of hydrogen-bond donors (Lipinski definition) is 0. The molecule has 0 radical (unpaired) electrons. The van der Waals surface area contributed by atoms with Gasteiger partial charge in [-0.1, -0.05) is 0 Å². The van der Waals surface area contributed by atoms with E-state index in [2.05, 4.69) is 4.98 Å². The molecule has 0 amide bonds. The molecule has 0 fully saturated rings. The number of rotatable bonds is 3. The molecule has 0 atom stereocenters. The summed E-state index contributed by atoms with van der Waals surface area (Å²) in [4.78, 5) is 23.7. The van der Waals surface area contributed by atoms with Gasteiger partial charge in [0.05, 0.1) is 5.88 Å². The van der Waals surface area contributed by atoms with E-state index in [1.807, 2.05) is 43.4 Å². The molecule has 0 spiro atoms. The first-order chi connectivity index (χ1) is 9.13. The zero-order valence-corrected chi connectivity index (χ0v) is 11.6. The predicted molar refractivity (Wildman–Crippen MR) is 75.2 cm³/mol. The summed E-state index contributed by atoms with van der Waals surface area (Å²) in [7, 11) is 0. The van der Waals surface area contributed by atoms with E-state index in [4.69, 9.17) is 16.4 Å². The van der Waals surface area contributed by atoms with Crippen molar-refractivity contribution in [1.82, 2.24) is 9.55 Å². The van der Waals surface area contributed by atoms with Crippen LogP contribution >= 0.6 is 11.6 Å². The van der Waals surface area contributed by atoms with Gasteiger partial charge in [0.1, 0.15) is 12.6 Å². The fourth-order valence-electron chi connectivity index (χ4n) is 1.79. The zero-order valence-electron chi connectivity index (χ0n) is 10.9.